The Morgan fingerprint density at radius 2 is 1.09 bits per heavy atom. The van der Waals surface area contributed by atoms with Crippen molar-refractivity contribution < 1.29 is 5.73 Å². The number of quaternary nitrogens is 1. The van der Waals surface area contributed by atoms with Gasteiger partial charge in [-0.3, -0.25) is 0 Å². The van der Waals surface area contributed by atoms with E-state index in [1.807, 2.05) is 12.3 Å². The van der Waals surface area contributed by atoms with E-state index in [1.165, 1.54) is 82.4 Å². The fourth-order valence-electron chi connectivity index (χ4n) is 6.66. The minimum Gasteiger partial charge on any atom is -0.331 e. The first-order chi connectivity index (χ1) is 21.7. The Morgan fingerprint density at radius 3 is 1.70 bits per heavy atom. The molecular formula is C43H36N+. The topological polar surface area (TPSA) is 27.6 Å². The largest absolute Gasteiger partial charge is 0.331 e. The fraction of sp³-hybridized carbons (Fsp3) is 0.0698. The van der Waals surface area contributed by atoms with Gasteiger partial charge in [0.1, 0.15) is 0 Å². The maximum Gasteiger partial charge on any atom is 0.0909 e. The predicted molar refractivity (Wildman–Crippen MR) is 190 cm³/mol. The standard InChI is InChI=1S/C43H35N/c1-3-30-23-25-31(26-24-30)42-38-15-4-6-17-40(38)43(41-18-7-5-16-39(41)42)37-22-10-20-35-34(19-9-21-36(35)37)33-14-8-13-32(28-33)29(2)12-11-27-44/h4-28H,3,44H2,1-2H3/p+1/b27-11-,29-12+. The van der Waals surface area contributed by atoms with Crippen LogP contribution in [0, 0.1) is 0 Å². The van der Waals surface area contributed by atoms with Crippen LogP contribution in [-0.4, -0.2) is 0 Å². The van der Waals surface area contributed by atoms with E-state index in [4.69, 9.17) is 0 Å². The third kappa shape index (κ3) is 4.82. The summed E-state index contributed by atoms with van der Waals surface area (Å²) in [7, 11) is 0. The maximum absolute atomic E-state index is 3.82. The number of hydrogen-bond acceptors (Lipinski definition) is 0. The minimum atomic E-state index is 1.04. The number of aryl methyl sites for hydroxylation is 1. The average Bonchev–Trinajstić information content (AvgIpc) is 3.09. The first kappa shape index (κ1) is 27.6. The van der Waals surface area contributed by atoms with Gasteiger partial charge in [-0.1, -0.05) is 140 Å². The summed E-state index contributed by atoms with van der Waals surface area (Å²) in [6, 6.07) is 49.3. The van der Waals surface area contributed by atoms with Crippen LogP contribution < -0.4 is 5.73 Å². The molecule has 0 unspecified atom stereocenters. The molecule has 0 radical (unpaired) electrons. The van der Waals surface area contributed by atoms with Crippen LogP contribution >= 0.6 is 0 Å². The van der Waals surface area contributed by atoms with Crippen LogP contribution in [0.1, 0.15) is 25.0 Å². The maximum atomic E-state index is 3.82. The molecule has 0 heterocycles. The number of rotatable bonds is 6. The Morgan fingerprint density at radius 1 is 0.545 bits per heavy atom. The molecule has 212 valence electrons. The lowest BCUT2D eigenvalue weighted by Gasteiger charge is -2.19. The molecule has 0 aliphatic carbocycles. The van der Waals surface area contributed by atoms with Gasteiger partial charge in [-0.05, 0) is 108 Å². The molecule has 0 saturated heterocycles. The Bertz CT molecular complexity index is 2160. The average molecular weight is 567 g/mol. The van der Waals surface area contributed by atoms with E-state index in [-0.39, 0.29) is 0 Å². The molecule has 3 N–H and O–H groups in total. The van der Waals surface area contributed by atoms with Crippen molar-refractivity contribution in [2.24, 2.45) is 0 Å². The Kier molecular flexibility index (Phi) is 7.40. The van der Waals surface area contributed by atoms with E-state index >= 15 is 0 Å². The van der Waals surface area contributed by atoms with E-state index in [2.05, 4.69) is 159 Å². The van der Waals surface area contributed by atoms with Gasteiger partial charge in [-0.2, -0.15) is 0 Å². The van der Waals surface area contributed by atoms with E-state index in [0.29, 0.717) is 0 Å². The summed E-state index contributed by atoms with van der Waals surface area (Å²) >= 11 is 0. The minimum absolute atomic E-state index is 1.04. The molecule has 0 amide bonds. The van der Waals surface area contributed by atoms with Gasteiger partial charge in [0.2, 0.25) is 0 Å². The van der Waals surface area contributed by atoms with Crippen LogP contribution in [0.4, 0.5) is 0 Å². The Balaban J connectivity index is 1.49. The van der Waals surface area contributed by atoms with Crippen LogP contribution in [0.5, 0.6) is 0 Å². The zero-order chi connectivity index (χ0) is 30.0. The lowest BCUT2D eigenvalue weighted by molar-refractivity contribution is -0.274. The summed E-state index contributed by atoms with van der Waals surface area (Å²) < 4.78 is 0. The second-order valence-electron chi connectivity index (χ2n) is 11.5. The molecule has 0 fully saturated rings. The highest BCUT2D eigenvalue weighted by molar-refractivity contribution is 6.24. The van der Waals surface area contributed by atoms with Crippen molar-refractivity contribution >= 4 is 37.9 Å². The van der Waals surface area contributed by atoms with Crippen LogP contribution in [0.25, 0.3) is 71.3 Å². The van der Waals surface area contributed by atoms with Gasteiger partial charge in [0.25, 0.3) is 0 Å². The van der Waals surface area contributed by atoms with Crippen molar-refractivity contribution in [3.63, 3.8) is 0 Å². The normalized spacial score (nSPS) is 12.1. The lowest BCUT2D eigenvalue weighted by atomic mass is 9.84. The van der Waals surface area contributed by atoms with Gasteiger partial charge in [-0.25, -0.2) is 0 Å². The summed E-state index contributed by atoms with van der Waals surface area (Å²) in [5.41, 5.74) is 15.2. The first-order valence-electron chi connectivity index (χ1n) is 15.5. The predicted octanol–water partition coefficient (Wildman–Crippen LogP) is 10.9. The molecule has 0 aromatic heterocycles. The van der Waals surface area contributed by atoms with Gasteiger partial charge >= 0.3 is 0 Å². The van der Waals surface area contributed by atoms with Crippen molar-refractivity contribution in [3.05, 3.63) is 163 Å². The fourth-order valence-corrected chi connectivity index (χ4v) is 6.66. The Hall–Kier alpha value is -5.24. The molecule has 0 saturated carbocycles. The van der Waals surface area contributed by atoms with Gasteiger partial charge in [0.15, 0.2) is 0 Å². The molecular weight excluding hydrogens is 530 g/mol. The molecule has 1 nitrogen and oxygen atoms in total. The highest BCUT2D eigenvalue weighted by Crippen LogP contribution is 2.46. The molecule has 44 heavy (non-hydrogen) atoms. The number of fused-ring (bicyclic) bond motifs is 3. The summed E-state index contributed by atoms with van der Waals surface area (Å²) in [4.78, 5) is 0. The number of allylic oxidation sites excluding steroid dienone is 3. The van der Waals surface area contributed by atoms with E-state index in [9.17, 15) is 0 Å². The molecule has 0 atom stereocenters. The van der Waals surface area contributed by atoms with Crippen molar-refractivity contribution in [3.8, 4) is 33.4 Å². The van der Waals surface area contributed by atoms with Crippen molar-refractivity contribution in [2.45, 2.75) is 20.3 Å². The smallest absolute Gasteiger partial charge is 0.0909 e. The monoisotopic (exact) mass is 566 g/mol. The molecule has 0 aliphatic rings. The van der Waals surface area contributed by atoms with Crippen LogP contribution in [-0.2, 0) is 6.42 Å². The quantitative estimate of drug-likeness (QED) is 0.153. The Labute approximate surface area is 259 Å². The second kappa shape index (κ2) is 11.8. The summed E-state index contributed by atoms with van der Waals surface area (Å²) in [6.45, 7) is 4.36. The van der Waals surface area contributed by atoms with Gasteiger partial charge in [0, 0.05) is 0 Å². The molecule has 7 rings (SSSR count). The summed E-state index contributed by atoms with van der Waals surface area (Å²) in [6.07, 6.45) is 6.97. The summed E-state index contributed by atoms with van der Waals surface area (Å²) in [5.74, 6) is 0. The highest BCUT2D eigenvalue weighted by atomic mass is 14.5. The van der Waals surface area contributed by atoms with E-state index in [1.54, 1.807) is 0 Å². The molecule has 0 spiro atoms. The second-order valence-corrected chi connectivity index (χ2v) is 11.5. The van der Waals surface area contributed by atoms with Gasteiger partial charge in [0.05, 0.1) is 6.20 Å². The van der Waals surface area contributed by atoms with Crippen LogP contribution in [0.2, 0.25) is 0 Å². The molecule has 7 aromatic carbocycles. The van der Waals surface area contributed by atoms with Crippen LogP contribution in [0.3, 0.4) is 0 Å². The SMILES string of the molecule is CCc1ccc(-c2c3ccccc3c(-c3cccc4c(-c5cccc(/C(C)=C/C=C\[NH3+])c5)cccc34)c3ccccc23)cc1. The van der Waals surface area contributed by atoms with E-state index in [0.717, 1.165) is 6.42 Å². The zero-order valence-electron chi connectivity index (χ0n) is 25.3. The van der Waals surface area contributed by atoms with Crippen molar-refractivity contribution in [1.82, 2.24) is 0 Å². The van der Waals surface area contributed by atoms with Gasteiger partial charge < -0.3 is 5.73 Å². The highest BCUT2D eigenvalue weighted by Gasteiger charge is 2.18. The number of benzene rings is 7. The third-order valence-corrected chi connectivity index (χ3v) is 8.88. The molecule has 0 aliphatic heterocycles. The van der Waals surface area contributed by atoms with E-state index < -0.39 is 0 Å². The van der Waals surface area contributed by atoms with Gasteiger partial charge in [-0.15, -0.1) is 0 Å². The summed E-state index contributed by atoms with van der Waals surface area (Å²) in [5, 5.41) is 7.64. The lowest BCUT2D eigenvalue weighted by Crippen LogP contribution is -2.38. The third-order valence-electron chi connectivity index (χ3n) is 8.88. The molecule has 1 heteroatoms. The first-order valence-corrected chi connectivity index (χ1v) is 15.5. The van der Waals surface area contributed by atoms with Crippen LogP contribution in [0.15, 0.2) is 152 Å². The zero-order valence-corrected chi connectivity index (χ0v) is 25.3. The molecule has 7 aromatic rings. The molecule has 0 bridgehead atoms. The number of hydrogen-bond donors (Lipinski definition) is 1. The van der Waals surface area contributed by atoms with Crippen molar-refractivity contribution in [1.29, 1.82) is 0 Å². The van der Waals surface area contributed by atoms with Crippen molar-refractivity contribution in [2.75, 3.05) is 0 Å².